The van der Waals surface area contributed by atoms with E-state index in [9.17, 15) is 4.79 Å². The summed E-state index contributed by atoms with van der Waals surface area (Å²) in [6.07, 6.45) is 0. The molecular formula is C16H14Cl2N2O3. The molecule has 2 heterocycles. The van der Waals surface area contributed by atoms with Crippen LogP contribution in [-0.2, 0) is 13.1 Å². The summed E-state index contributed by atoms with van der Waals surface area (Å²) in [5.74, 6) is 1.20. The van der Waals surface area contributed by atoms with Crippen LogP contribution in [0.25, 0.3) is 0 Å². The number of nitrogens with zero attached hydrogens (tertiary/aromatic N) is 2. The van der Waals surface area contributed by atoms with Crippen molar-refractivity contribution < 1.29 is 14.3 Å². The third kappa shape index (κ3) is 2.94. The predicted octanol–water partition coefficient (Wildman–Crippen LogP) is 3.56. The highest BCUT2D eigenvalue weighted by Crippen LogP contribution is 2.33. The van der Waals surface area contributed by atoms with Gasteiger partial charge in [0.1, 0.15) is 21.8 Å². The number of amides is 1. The van der Waals surface area contributed by atoms with Gasteiger partial charge in [-0.05, 0) is 23.8 Å². The molecule has 5 nitrogen and oxygen atoms in total. The topological polar surface area (TPSA) is 51.7 Å². The van der Waals surface area contributed by atoms with Crippen molar-refractivity contribution in [2.45, 2.75) is 13.1 Å². The van der Waals surface area contributed by atoms with Gasteiger partial charge in [0, 0.05) is 24.7 Å². The molecule has 0 N–H and O–H groups in total. The smallest absolute Gasteiger partial charge is 0.257 e. The lowest BCUT2D eigenvalue weighted by atomic mass is 10.1. The zero-order valence-electron chi connectivity index (χ0n) is 12.6. The molecule has 7 heteroatoms. The average Bonchev–Trinajstić information content (AvgIpc) is 2.83. The maximum Gasteiger partial charge on any atom is 0.257 e. The van der Waals surface area contributed by atoms with Crippen molar-refractivity contribution in [3.8, 4) is 11.5 Å². The number of fused-ring (bicyclic) bond motifs is 1. The van der Waals surface area contributed by atoms with Crippen LogP contribution >= 0.6 is 23.2 Å². The van der Waals surface area contributed by atoms with E-state index in [0.717, 1.165) is 11.1 Å². The van der Waals surface area contributed by atoms with Gasteiger partial charge in [-0.25, -0.2) is 4.98 Å². The summed E-state index contributed by atoms with van der Waals surface area (Å²) >= 11 is 12.0. The van der Waals surface area contributed by atoms with Crippen LogP contribution in [0.15, 0.2) is 24.3 Å². The fraction of sp³-hybridized carbons (Fsp3) is 0.250. The van der Waals surface area contributed by atoms with Crippen molar-refractivity contribution >= 4 is 29.1 Å². The second-order valence-corrected chi connectivity index (χ2v) is 5.85. The van der Waals surface area contributed by atoms with Crippen LogP contribution in [0.3, 0.4) is 0 Å². The molecule has 0 spiro atoms. The number of ether oxygens (including phenoxy) is 2. The number of hydrogen-bond acceptors (Lipinski definition) is 4. The first-order chi connectivity index (χ1) is 11.0. The summed E-state index contributed by atoms with van der Waals surface area (Å²) in [5.41, 5.74) is 2.08. The summed E-state index contributed by atoms with van der Waals surface area (Å²) in [5, 5.41) is 0.423. The molecule has 1 aromatic heterocycles. The Bertz CT molecular complexity index is 780. The Kier molecular flexibility index (Phi) is 4.33. The molecule has 0 saturated heterocycles. The quantitative estimate of drug-likeness (QED) is 0.789. The van der Waals surface area contributed by atoms with Gasteiger partial charge < -0.3 is 14.4 Å². The highest BCUT2D eigenvalue weighted by molar-refractivity contribution is 6.35. The van der Waals surface area contributed by atoms with Crippen molar-refractivity contribution in [2.75, 3.05) is 14.2 Å². The predicted molar refractivity (Wildman–Crippen MR) is 87.4 cm³/mol. The molecule has 120 valence electrons. The Labute approximate surface area is 143 Å². The molecular weight excluding hydrogens is 339 g/mol. The molecule has 1 aliphatic rings. The molecule has 0 atom stereocenters. The van der Waals surface area contributed by atoms with E-state index in [1.165, 1.54) is 0 Å². The standard InChI is InChI=1S/C16H14Cl2N2O3/c1-22-11-4-3-9(12(6-11)23-2)7-20-8-10-5-13(17)19-15(18)14(10)16(20)21/h3-6H,7-8H2,1-2H3. The molecule has 1 amide bonds. The van der Waals surface area contributed by atoms with Gasteiger partial charge in [0.15, 0.2) is 0 Å². The van der Waals surface area contributed by atoms with Gasteiger partial charge in [0.05, 0.1) is 19.8 Å². The lowest BCUT2D eigenvalue weighted by Crippen LogP contribution is -2.23. The van der Waals surface area contributed by atoms with Crippen molar-refractivity contribution in [1.29, 1.82) is 0 Å². The molecule has 2 aromatic rings. The summed E-state index contributed by atoms with van der Waals surface area (Å²) in [6, 6.07) is 7.16. The first-order valence-electron chi connectivity index (χ1n) is 6.88. The van der Waals surface area contributed by atoms with Gasteiger partial charge in [-0.2, -0.15) is 0 Å². The van der Waals surface area contributed by atoms with E-state index >= 15 is 0 Å². The number of halogens is 2. The minimum atomic E-state index is -0.160. The molecule has 0 saturated carbocycles. The lowest BCUT2D eigenvalue weighted by Gasteiger charge is -2.18. The summed E-state index contributed by atoms with van der Waals surface area (Å²) in [6.45, 7) is 0.833. The first-order valence-corrected chi connectivity index (χ1v) is 7.64. The second-order valence-electron chi connectivity index (χ2n) is 5.11. The summed E-state index contributed by atoms with van der Waals surface area (Å²) in [7, 11) is 3.17. The van der Waals surface area contributed by atoms with Crippen LogP contribution in [0.1, 0.15) is 21.5 Å². The van der Waals surface area contributed by atoms with Gasteiger partial charge >= 0.3 is 0 Å². The number of carbonyl (C=O) groups excluding carboxylic acids is 1. The third-order valence-electron chi connectivity index (χ3n) is 3.74. The molecule has 0 radical (unpaired) electrons. The van der Waals surface area contributed by atoms with Crippen molar-refractivity contribution in [2.24, 2.45) is 0 Å². The van der Waals surface area contributed by atoms with Crippen LogP contribution in [-0.4, -0.2) is 30.0 Å². The summed E-state index contributed by atoms with van der Waals surface area (Å²) < 4.78 is 10.6. The van der Waals surface area contributed by atoms with E-state index in [2.05, 4.69) is 4.98 Å². The Morgan fingerprint density at radius 2 is 2.00 bits per heavy atom. The number of carbonyl (C=O) groups is 1. The van der Waals surface area contributed by atoms with E-state index < -0.39 is 0 Å². The Morgan fingerprint density at radius 3 is 2.70 bits per heavy atom. The van der Waals surface area contributed by atoms with Crippen molar-refractivity contribution in [3.63, 3.8) is 0 Å². The van der Waals surface area contributed by atoms with E-state index in [4.69, 9.17) is 32.7 Å². The normalized spacial score (nSPS) is 13.2. The Morgan fingerprint density at radius 1 is 1.22 bits per heavy atom. The maximum atomic E-state index is 12.5. The van der Waals surface area contributed by atoms with Gasteiger partial charge in [0.2, 0.25) is 0 Å². The molecule has 0 aliphatic carbocycles. The van der Waals surface area contributed by atoms with E-state index in [0.29, 0.717) is 30.2 Å². The Balaban J connectivity index is 1.88. The van der Waals surface area contributed by atoms with Gasteiger partial charge in [-0.15, -0.1) is 0 Å². The van der Waals surface area contributed by atoms with Crippen molar-refractivity contribution in [3.05, 3.63) is 51.3 Å². The number of benzene rings is 1. The number of methoxy groups -OCH3 is 2. The number of pyridine rings is 1. The monoisotopic (exact) mass is 352 g/mol. The third-order valence-corrected chi connectivity index (χ3v) is 4.21. The second kappa shape index (κ2) is 6.26. The molecule has 0 bridgehead atoms. The van der Waals surface area contributed by atoms with E-state index in [1.807, 2.05) is 12.1 Å². The Hall–Kier alpha value is -1.98. The SMILES string of the molecule is COc1ccc(CN2Cc3cc(Cl)nc(Cl)c3C2=O)c(OC)c1. The zero-order valence-corrected chi connectivity index (χ0v) is 14.1. The van der Waals surface area contributed by atoms with Crippen LogP contribution in [0.2, 0.25) is 10.3 Å². The van der Waals surface area contributed by atoms with Crippen LogP contribution in [0.4, 0.5) is 0 Å². The molecule has 1 aromatic carbocycles. The fourth-order valence-electron chi connectivity index (χ4n) is 2.63. The molecule has 1 aliphatic heterocycles. The number of aromatic nitrogens is 1. The molecule has 23 heavy (non-hydrogen) atoms. The lowest BCUT2D eigenvalue weighted by molar-refractivity contribution is 0.0765. The fourth-order valence-corrected chi connectivity index (χ4v) is 3.18. The highest BCUT2D eigenvalue weighted by atomic mass is 35.5. The number of rotatable bonds is 4. The van der Waals surface area contributed by atoms with Crippen LogP contribution < -0.4 is 9.47 Å². The van der Waals surface area contributed by atoms with Crippen molar-refractivity contribution in [1.82, 2.24) is 9.88 Å². The van der Waals surface area contributed by atoms with Gasteiger partial charge in [0.25, 0.3) is 5.91 Å². The van der Waals surface area contributed by atoms with E-state index in [-0.39, 0.29) is 16.2 Å². The van der Waals surface area contributed by atoms with Crippen LogP contribution in [0, 0.1) is 0 Å². The molecule has 3 rings (SSSR count). The first kappa shape index (κ1) is 15.9. The highest BCUT2D eigenvalue weighted by Gasteiger charge is 2.31. The largest absolute Gasteiger partial charge is 0.497 e. The average molecular weight is 353 g/mol. The van der Waals surface area contributed by atoms with Gasteiger partial charge in [-0.1, -0.05) is 23.2 Å². The van der Waals surface area contributed by atoms with Crippen LogP contribution in [0.5, 0.6) is 11.5 Å². The molecule has 0 fully saturated rings. The zero-order chi connectivity index (χ0) is 16.6. The van der Waals surface area contributed by atoms with E-state index in [1.54, 1.807) is 31.3 Å². The minimum absolute atomic E-state index is 0.140. The number of hydrogen-bond donors (Lipinski definition) is 0. The maximum absolute atomic E-state index is 12.5. The summed E-state index contributed by atoms with van der Waals surface area (Å²) in [4.78, 5) is 18.2. The van der Waals surface area contributed by atoms with Gasteiger partial charge in [-0.3, -0.25) is 4.79 Å². The molecule has 0 unspecified atom stereocenters. The minimum Gasteiger partial charge on any atom is -0.497 e.